The molecule has 0 spiro atoms. The average Bonchev–Trinajstić information content (AvgIpc) is 2.13. The van der Waals surface area contributed by atoms with Gasteiger partial charge in [-0.1, -0.05) is 6.42 Å². The maximum absolute atomic E-state index is 10.4. The lowest BCUT2D eigenvalue weighted by molar-refractivity contribution is -0.111. The van der Waals surface area contributed by atoms with E-state index in [-0.39, 0.29) is 0 Å². The van der Waals surface area contributed by atoms with Crippen LogP contribution >= 0.6 is 0 Å². The van der Waals surface area contributed by atoms with Crippen LogP contribution in [0.15, 0.2) is 0 Å². The van der Waals surface area contributed by atoms with E-state index in [0.717, 1.165) is 25.8 Å². The molecule has 10 heavy (non-hydrogen) atoms. The summed E-state index contributed by atoms with van der Waals surface area (Å²) in [6.07, 6.45) is 4.66. The fourth-order valence-electron chi connectivity index (χ4n) is 1.48. The van der Waals surface area contributed by atoms with Crippen molar-refractivity contribution >= 4 is 6.29 Å². The molecule has 0 saturated carbocycles. The van der Waals surface area contributed by atoms with E-state index in [1.54, 1.807) is 0 Å². The van der Waals surface area contributed by atoms with E-state index in [9.17, 15) is 4.79 Å². The molecule has 1 atom stereocenters. The molecule has 0 aliphatic carbocycles. The van der Waals surface area contributed by atoms with Crippen LogP contribution in [0.25, 0.3) is 0 Å². The molecule has 1 rings (SSSR count). The zero-order valence-electron chi connectivity index (χ0n) is 6.55. The van der Waals surface area contributed by atoms with Crippen molar-refractivity contribution in [1.29, 1.82) is 0 Å². The molecule has 1 aliphatic rings. The van der Waals surface area contributed by atoms with Crippen molar-refractivity contribution in [3.05, 3.63) is 0 Å². The average molecular weight is 141 g/mol. The highest BCUT2D eigenvalue weighted by Crippen LogP contribution is 2.12. The van der Waals surface area contributed by atoms with E-state index < -0.39 is 0 Å². The Morgan fingerprint density at radius 2 is 2.30 bits per heavy atom. The van der Waals surface area contributed by atoms with E-state index in [0.29, 0.717) is 5.92 Å². The molecule has 0 N–H and O–H groups in total. The zero-order chi connectivity index (χ0) is 7.40. The van der Waals surface area contributed by atoms with E-state index in [2.05, 4.69) is 11.9 Å². The number of nitrogens with zero attached hydrogens (tertiary/aromatic N) is 1. The largest absolute Gasteiger partial charge is 0.306 e. The van der Waals surface area contributed by atoms with Crippen molar-refractivity contribution in [3.8, 4) is 0 Å². The minimum absolute atomic E-state index is 0.299. The van der Waals surface area contributed by atoms with Gasteiger partial charge in [-0.2, -0.15) is 0 Å². The van der Waals surface area contributed by atoms with E-state index in [4.69, 9.17) is 0 Å². The molecule has 2 heteroatoms. The molecular weight excluding hydrogens is 126 g/mol. The molecule has 0 bridgehead atoms. The Hall–Kier alpha value is -0.370. The summed E-state index contributed by atoms with van der Waals surface area (Å²) in [5.74, 6) is 0.299. The van der Waals surface area contributed by atoms with Gasteiger partial charge < -0.3 is 9.69 Å². The van der Waals surface area contributed by atoms with Crippen LogP contribution in [-0.4, -0.2) is 31.3 Å². The van der Waals surface area contributed by atoms with Crippen LogP contribution in [0.5, 0.6) is 0 Å². The van der Waals surface area contributed by atoms with Gasteiger partial charge >= 0.3 is 0 Å². The van der Waals surface area contributed by atoms with Crippen molar-refractivity contribution in [3.63, 3.8) is 0 Å². The van der Waals surface area contributed by atoms with Gasteiger partial charge in [0.2, 0.25) is 0 Å². The summed E-state index contributed by atoms with van der Waals surface area (Å²) < 4.78 is 0. The first-order valence-electron chi connectivity index (χ1n) is 3.97. The molecule has 1 heterocycles. The molecule has 1 saturated heterocycles. The first kappa shape index (κ1) is 7.73. The van der Waals surface area contributed by atoms with Crippen LogP contribution in [0, 0.1) is 5.92 Å². The molecule has 0 aromatic rings. The molecule has 0 radical (unpaired) electrons. The normalized spacial score (nSPS) is 29.5. The lowest BCUT2D eigenvalue weighted by Gasteiger charge is -2.14. The van der Waals surface area contributed by atoms with Crippen LogP contribution < -0.4 is 0 Å². The third-order valence-corrected chi connectivity index (χ3v) is 2.10. The SMILES string of the molecule is CN1CCCCC(C=O)C1. The highest BCUT2D eigenvalue weighted by atomic mass is 16.1. The van der Waals surface area contributed by atoms with Gasteiger partial charge in [0, 0.05) is 12.5 Å². The zero-order valence-corrected chi connectivity index (χ0v) is 6.55. The molecule has 0 aromatic carbocycles. The summed E-state index contributed by atoms with van der Waals surface area (Å²) in [5, 5.41) is 0. The summed E-state index contributed by atoms with van der Waals surface area (Å²) in [5.41, 5.74) is 0. The van der Waals surface area contributed by atoms with Crippen molar-refractivity contribution in [1.82, 2.24) is 4.90 Å². The Bertz CT molecular complexity index is 114. The van der Waals surface area contributed by atoms with Gasteiger partial charge in [-0.25, -0.2) is 0 Å². The summed E-state index contributed by atoms with van der Waals surface area (Å²) in [7, 11) is 2.09. The second-order valence-corrected chi connectivity index (χ2v) is 3.15. The van der Waals surface area contributed by atoms with Gasteiger partial charge in [0.25, 0.3) is 0 Å². The lowest BCUT2D eigenvalue weighted by atomic mass is 10.1. The van der Waals surface area contributed by atoms with Gasteiger partial charge in [-0.05, 0) is 26.4 Å². The number of likely N-dealkylation sites (tertiary alicyclic amines) is 1. The first-order valence-corrected chi connectivity index (χ1v) is 3.97. The number of hydrogen-bond acceptors (Lipinski definition) is 2. The summed E-state index contributed by atoms with van der Waals surface area (Å²) in [6.45, 7) is 2.12. The Kier molecular flexibility index (Phi) is 2.87. The standard InChI is InChI=1S/C8H15NO/c1-9-5-3-2-4-8(6-9)7-10/h7-8H,2-6H2,1H3. The van der Waals surface area contributed by atoms with Gasteiger partial charge in [-0.15, -0.1) is 0 Å². The monoisotopic (exact) mass is 141 g/mol. The van der Waals surface area contributed by atoms with Crippen molar-refractivity contribution < 1.29 is 4.79 Å². The molecule has 58 valence electrons. The molecule has 0 amide bonds. The Balaban J connectivity index is 2.37. The fourth-order valence-corrected chi connectivity index (χ4v) is 1.48. The predicted molar refractivity (Wildman–Crippen MR) is 40.9 cm³/mol. The maximum Gasteiger partial charge on any atom is 0.124 e. The molecule has 2 nitrogen and oxygen atoms in total. The van der Waals surface area contributed by atoms with Gasteiger partial charge in [0.15, 0.2) is 0 Å². The summed E-state index contributed by atoms with van der Waals surface area (Å²) >= 11 is 0. The molecule has 1 aliphatic heterocycles. The maximum atomic E-state index is 10.4. The smallest absolute Gasteiger partial charge is 0.124 e. The molecule has 1 fully saturated rings. The van der Waals surface area contributed by atoms with Crippen LogP contribution in [0.1, 0.15) is 19.3 Å². The first-order chi connectivity index (χ1) is 4.83. The highest BCUT2D eigenvalue weighted by Gasteiger charge is 2.13. The second kappa shape index (κ2) is 3.71. The fraction of sp³-hybridized carbons (Fsp3) is 0.875. The third-order valence-electron chi connectivity index (χ3n) is 2.10. The van der Waals surface area contributed by atoms with Crippen LogP contribution in [0.2, 0.25) is 0 Å². The topological polar surface area (TPSA) is 20.3 Å². The number of carbonyl (C=O) groups excluding carboxylic acids is 1. The third kappa shape index (κ3) is 2.10. The van der Waals surface area contributed by atoms with Crippen molar-refractivity contribution in [2.75, 3.05) is 20.1 Å². The lowest BCUT2D eigenvalue weighted by Crippen LogP contribution is -2.24. The van der Waals surface area contributed by atoms with Gasteiger partial charge in [0.1, 0.15) is 6.29 Å². The quantitative estimate of drug-likeness (QED) is 0.506. The van der Waals surface area contributed by atoms with Crippen molar-refractivity contribution in [2.24, 2.45) is 5.92 Å². The number of hydrogen-bond donors (Lipinski definition) is 0. The van der Waals surface area contributed by atoms with Crippen LogP contribution in [-0.2, 0) is 4.79 Å². The number of carbonyl (C=O) groups is 1. The van der Waals surface area contributed by atoms with Crippen LogP contribution in [0.4, 0.5) is 0 Å². The van der Waals surface area contributed by atoms with Gasteiger partial charge in [0.05, 0.1) is 0 Å². The molecule has 0 aromatic heterocycles. The Morgan fingerprint density at radius 1 is 1.50 bits per heavy atom. The Morgan fingerprint density at radius 3 is 3.00 bits per heavy atom. The summed E-state index contributed by atoms with van der Waals surface area (Å²) in [6, 6.07) is 0. The Labute approximate surface area is 62.2 Å². The molecule has 1 unspecified atom stereocenters. The minimum Gasteiger partial charge on any atom is -0.306 e. The highest BCUT2D eigenvalue weighted by molar-refractivity contribution is 5.53. The van der Waals surface area contributed by atoms with E-state index >= 15 is 0 Å². The van der Waals surface area contributed by atoms with Gasteiger partial charge in [-0.3, -0.25) is 0 Å². The number of aldehydes is 1. The van der Waals surface area contributed by atoms with Crippen LogP contribution in [0.3, 0.4) is 0 Å². The van der Waals surface area contributed by atoms with E-state index in [1.807, 2.05) is 0 Å². The summed E-state index contributed by atoms with van der Waals surface area (Å²) in [4.78, 5) is 12.7. The predicted octanol–water partition coefficient (Wildman–Crippen LogP) is 0.917. The minimum atomic E-state index is 0.299. The second-order valence-electron chi connectivity index (χ2n) is 3.15. The number of rotatable bonds is 1. The van der Waals surface area contributed by atoms with E-state index in [1.165, 1.54) is 12.8 Å². The van der Waals surface area contributed by atoms with Crippen molar-refractivity contribution in [2.45, 2.75) is 19.3 Å². The molecular formula is C8H15NO.